The zero-order valence-corrected chi connectivity index (χ0v) is 16.9. The summed E-state index contributed by atoms with van der Waals surface area (Å²) in [5.74, 6) is -0.00342. The molecule has 0 saturated carbocycles. The summed E-state index contributed by atoms with van der Waals surface area (Å²) >= 11 is 1.79. The van der Waals surface area contributed by atoms with Gasteiger partial charge in [0.1, 0.15) is 0 Å². The molecule has 4 rings (SSSR count). The van der Waals surface area contributed by atoms with Crippen molar-refractivity contribution in [2.75, 3.05) is 31.1 Å². The molecule has 1 unspecified atom stereocenters. The molecule has 1 N–H and O–H groups in total. The molecule has 5 heteroatoms. The molecule has 1 fully saturated rings. The molecular weight excluding hydrogens is 354 g/mol. The van der Waals surface area contributed by atoms with Crippen LogP contribution in [0.15, 0.2) is 52.3 Å². The van der Waals surface area contributed by atoms with Crippen LogP contribution in [0.25, 0.3) is 0 Å². The molecule has 2 aliphatic rings. The van der Waals surface area contributed by atoms with Crippen molar-refractivity contribution >= 4 is 29.0 Å². The Morgan fingerprint density at radius 2 is 1.85 bits per heavy atom. The highest BCUT2D eigenvalue weighted by molar-refractivity contribution is 7.99. The number of nitrogens with zero attached hydrogens (tertiary/aromatic N) is 2. The van der Waals surface area contributed by atoms with Gasteiger partial charge in [0.05, 0.1) is 11.4 Å². The molecule has 1 atom stereocenters. The number of amides is 1. The monoisotopic (exact) mass is 381 g/mol. The first-order valence-corrected chi connectivity index (χ1v) is 10.7. The minimum absolute atomic E-state index is 0.00342. The summed E-state index contributed by atoms with van der Waals surface area (Å²) in [6.07, 6.45) is 2.61. The van der Waals surface area contributed by atoms with Crippen molar-refractivity contribution in [2.45, 2.75) is 42.5 Å². The number of para-hydroxylation sites is 1. The van der Waals surface area contributed by atoms with Gasteiger partial charge in [-0.1, -0.05) is 23.9 Å². The van der Waals surface area contributed by atoms with Gasteiger partial charge in [-0.25, -0.2) is 0 Å². The highest BCUT2D eigenvalue weighted by atomic mass is 32.2. The molecule has 1 amide bonds. The fourth-order valence-corrected chi connectivity index (χ4v) is 5.13. The summed E-state index contributed by atoms with van der Waals surface area (Å²) in [6.45, 7) is 8.33. The van der Waals surface area contributed by atoms with Gasteiger partial charge >= 0.3 is 0 Å². The van der Waals surface area contributed by atoms with E-state index in [-0.39, 0.29) is 5.91 Å². The Labute approximate surface area is 165 Å². The molecule has 4 nitrogen and oxygen atoms in total. The normalized spacial score (nSPS) is 17.3. The molecule has 2 aromatic carbocycles. The van der Waals surface area contributed by atoms with Crippen LogP contribution in [0, 0.1) is 0 Å². The Kier molecular flexibility index (Phi) is 5.41. The van der Waals surface area contributed by atoms with Crippen molar-refractivity contribution in [2.24, 2.45) is 0 Å². The second-order valence-corrected chi connectivity index (χ2v) is 8.42. The number of carbonyl (C=O) groups is 1. The van der Waals surface area contributed by atoms with Crippen molar-refractivity contribution in [1.29, 1.82) is 0 Å². The third-order valence-electron chi connectivity index (χ3n) is 5.32. The van der Waals surface area contributed by atoms with Crippen LogP contribution in [0.4, 0.5) is 11.4 Å². The lowest BCUT2D eigenvalue weighted by Crippen LogP contribution is -2.40. The molecule has 2 heterocycles. The van der Waals surface area contributed by atoms with E-state index in [9.17, 15) is 4.79 Å². The molecule has 0 radical (unpaired) electrons. The average Bonchev–Trinajstić information content (AvgIpc) is 3.18. The summed E-state index contributed by atoms with van der Waals surface area (Å²) in [6, 6.07) is 15.0. The molecule has 142 valence electrons. The number of anilines is 2. The van der Waals surface area contributed by atoms with Crippen LogP contribution in [-0.2, 0) is 0 Å². The Morgan fingerprint density at radius 1 is 1.11 bits per heavy atom. The Bertz CT molecular complexity index is 832. The number of fused-ring (bicyclic) bond motifs is 2. The maximum atomic E-state index is 12.4. The minimum atomic E-state index is -0.00342. The second kappa shape index (κ2) is 7.95. The van der Waals surface area contributed by atoms with Crippen LogP contribution < -0.4 is 10.2 Å². The van der Waals surface area contributed by atoms with E-state index in [0.717, 1.165) is 17.8 Å². The molecule has 0 aromatic heterocycles. The van der Waals surface area contributed by atoms with Gasteiger partial charge in [0.2, 0.25) is 0 Å². The third-order valence-corrected chi connectivity index (χ3v) is 6.45. The zero-order valence-electron chi connectivity index (χ0n) is 16.1. The SMILES string of the molecule is CCNC(=O)c1ccc2c(c1)N(C(C)CN1CCCC1)c1ccccc1S2. The number of hydrogen-bond acceptors (Lipinski definition) is 4. The molecule has 2 aliphatic heterocycles. The van der Waals surface area contributed by atoms with E-state index < -0.39 is 0 Å². The summed E-state index contributed by atoms with van der Waals surface area (Å²) < 4.78 is 0. The lowest BCUT2D eigenvalue weighted by molar-refractivity contribution is 0.0956. The van der Waals surface area contributed by atoms with Crippen molar-refractivity contribution in [3.63, 3.8) is 0 Å². The van der Waals surface area contributed by atoms with Gasteiger partial charge in [0.15, 0.2) is 0 Å². The average molecular weight is 382 g/mol. The quantitative estimate of drug-likeness (QED) is 0.826. The lowest BCUT2D eigenvalue weighted by atomic mass is 10.1. The predicted octanol–water partition coefficient (Wildman–Crippen LogP) is 4.52. The van der Waals surface area contributed by atoms with Crippen LogP contribution in [0.3, 0.4) is 0 Å². The van der Waals surface area contributed by atoms with E-state index in [2.05, 4.69) is 58.4 Å². The molecule has 2 aromatic rings. The number of carbonyl (C=O) groups excluding carboxylic acids is 1. The number of hydrogen-bond donors (Lipinski definition) is 1. The smallest absolute Gasteiger partial charge is 0.251 e. The second-order valence-electron chi connectivity index (χ2n) is 7.34. The van der Waals surface area contributed by atoms with E-state index in [0.29, 0.717) is 12.6 Å². The largest absolute Gasteiger partial charge is 0.352 e. The van der Waals surface area contributed by atoms with Gasteiger partial charge < -0.3 is 15.1 Å². The first-order valence-electron chi connectivity index (χ1n) is 9.88. The van der Waals surface area contributed by atoms with Crippen molar-refractivity contribution in [3.8, 4) is 0 Å². The van der Waals surface area contributed by atoms with E-state index >= 15 is 0 Å². The summed E-state index contributed by atoms with van der Waals surface area (Å²) in [4.78, 5) is 19.9. The Morgan fingerprint density at radius 3 is 2.63 bits per heavy atom. The first-order chi connectivity index (χ1) is 13.2. The highest BCUT2D eigenvalue weighted by Crippen LogP contribution is 2.49. The van der Waals surface area contributed by atoms with Crippen LogP contribution in [0.1, 0.15) is 37.0 Å². The fraction of sp³-hybridized carbons (Fsp3) is 0.409. The Balaban J connectivity index is 1.72. The van der Waals surface area contributed by atoms with Crippen molar-refractivity contribution < 1.29 is 4.79 Å². The van der Waals surface area contributed by atoms with E-state index in [1.807, 2.05) is 13.0 Å². The van der Waals surface area contributed by atoms with Gasteiger partial charge in [-0.05, 0) is 70.1 Å². The topological polar surface area (TPSA) is 35.6 Å². The van der Waals surface area contributed by atoms with Gasteiger partial charge in [-0.2, -0.15) is 0 Å². The standard InChI is InChI=1S/C22H27N3OS/c1-3-23-22(26)17-10-11-21-19(14-17)25(16(2)15-24-12-6-7-13-24)18-8-4-5-9-20(18)27-21/h4-5,8-11,14,16H,3,6-7,12-13,15H2,1-2H3,(H,23,26). The van der Waals surface area contributed by atoms with Crippen LogP contribution in [0.5, 0.6) is 0 Å². The van der Waals surface area contributed by atoms with Crippen LogP contribution in [0.2, 0.25) is 0 Å². The van der Waals surface area contributed by atoms with E-state index in [1.165, 1.54) is 41.4 Å². The predicted molar refractivity (Wildman–Crippen MR) is 112 cm³/mol. The van der Waals surface area contributed by atoms with Crippen molar-refractivity contribution in [3.05, 3.63) is 48.0 Å². The van der Waals surface area contributed by atoms with Gasteiger partial charge in [-0.15, -0.1) is 0 Å². The lowest BCUT2D eigenvalue weighted by Gasteiger charge is -2.39. The van der Waals surface area contributed by atoms with Crippen molar-refractivity contribution in [1.82, 2.24) is 10.2 Å². The van der Waals surface area contributed by atoms with Gasteiger partial charge in [0, 0.05) is 34.5 Å². The molecule has 0 aliphatic carbocycles. The third kappa shape index (κ3) is 3.71. The molecule has 1 saturated heterocycles. The number of likely N-dealkylation sites (tertiary alicyclic amines) is 1. The maximum Gasteiger partial charge on any atom is 0.251 e. The number of benzene rings is 2. The fourth-order valence-electron chi connectivity index (χ4n) is 4.08. The number of rotatable bonds is 5. The van der Waals surface area contributed by atoms with E-state index in [4.69, 9.17) is 0 Å². The maximum absolute atomic E-state index is 12.4. The summed E-state index contributed by atoms with van der Waals surface area (Å²) in [5.41, 5.74) is 3.12. The summed E-state index contributed by atoms with van der Waals surface area (Å²) in [7, 11) is 0. The van der Waals surface area contributed by atoms with E-state index in [1.54, 1.807) is 11.8 Å². The Hall–Kier alpha value is -1.98. The zero-order chi connectivity index (χ0) is 18.8. The molecule has 0 spiro atoms. The van der Waals surface area contributed by atoms with Gasteiger partial charge in [0.25, 0.3) is 5.91 Å². The minimum Gasteiger partial charge on any atom is -0.352 e. The molecular formula is C22H27N3OS. The highest BCUT2D eigenvalue weighted by Gasteiger charge is 2.29. The van der Waals surface area contributed by atoms with Crippen LogP contribution >= 0.6 is 11.8 Å². The van der Waals surface area contributed by atoms with Gasteiger partial charge in [-0.3, -0.25) is 4.79 Å². The molecule has 27 heavy (non-hydrogen) atoms. The first kappa shape index (κ1) is 18.4. The number of nitrogens with one attached hydrogen (secondary N) is 1. The summed E-state index contributed by atoms with van der Waals surface area (Å²) in [5, 5.41) is 2.92. The molecule has 0 bridgehead atoms. The van der Waals surface area contributed by atoms with Crippen LogP contribution in [-0.4, -0.2) is 43.0 Å².